The molecule has 0 aromatic carbocycles. The van der Waals surface area contributed by atoms with Crippen LogP contribution < -0.4 is 5.09 Å². The molecule has 1 aliphatic rings. The van der Waals surface area contributed by atoms with E-state index in [9.17, 15) is 4.57 Å². The molecule has 0 radical (unpaired) electrons. The van der Waals surface area contributed by atoms with Crippen molar-refractivity contribution in [3.8, 4) is 0 Å². The summed E-state index contributed by atoms with van der Waals surface area (Å²) >= 11 is 17.1. The first-order valence-electron chi connectivity index (χ1n) is 4.63. The van der Waals surface area contributed by atoms with Crippen LogP contribution in [0.15, 0.2) is 0 Å². The first-order chi connectivity index (χ1) is 7.12. The molecule has 2 atom stereocenters. The van der Waals surface area contributed by atoms with E-state index in [1.54, 1.807) is 4.67 Å². The summed E-state index contributed by atoms with van der Waals surface area (Å²) in [4.78, 5) is 0. The lowest BCUT2D eigenvalue weighted by Gasteiger charge is -2.34. The molecule has 8 heteroatoms. The van der Waals surface area contributed by atoms with Crippen molar-refractivity contribution in [1.29, 1.82) is 0 Å². The highest BCUT2D eigenvalue weighted by molar-refractivity contribution is 7.54. The van der Waals surface area contributed by atoms with E-state index in [1.165, 1.54) is 0 Å². The fraction of sp³-hybridized carbons (Fsp3) is 1.00. The summed E-state index contributed by atoms with van der Waals surface area (Å²) in [6.07, 6.45) is 0. The van der Waals surface area contributed by atoms with E-state index in [1.807, 2.05) is 0 Å². The van der Waals surface area contributed by atoms with E-state index in [-0.39, 0.29) is 12.0 Å². The van der Waals surface area contributed by atoms with Gasteiger partial charge in [0.25, 0.3) is 0 Å². The molecule has 1 saturated heterocycles. The van der Waals surface area contributed by atoms with Crippen LogP contribution in [0.3, 0.4) is 0 Å². The average molecular weight is 296 g/mol. The summed E-state index contributed by atoms with van der Waals surface area (Å²) < 4.78 is 19.2. The molecule has 0 spiro atoms. The molecule has 15 heavy (non-hydrogen) atoms. The zero-order valence-electron chi connectivity index (χ0n) is 8.16. The number of nitrogens with one attached hydrogen (secondary N) is 1. The Kier molecular flexibility index (Phi) is 6.23. The standard InChI is InChI=1S/C7H14Cl3N2O2P/c8-1-3-12(4-2-9)15(13)11-5-7(10)6-14-15/h7H,1-6H2,(H,11,13)/t7-,15-/m0/s1. The average Bonchev–Trinajstić information content (AvgIpc) is 2.23. The van der Waals surface area contributed by atoms with Crippen LogP contribution in [0, 0.1) is 0 Å². The van der Waals surface area contributed by atoms with Gasteiger partial charge in [-0.2, -0.15) is 0 Å². The molecule has 1 aliphatic heterocycles. The highest BCUT2D eigenvalue weighted by atomic mass is 35.5. The van der Waals surface area contributed by atoms with Crippen molar-refractivity contribution in [1.82, 2.24) is 9.76 Å². The minimum atomic E-state index is -2.96. The largest absolute Gasteiger partial charge is 0.343 e. The Labute approximate surface area is 105 Å². The maximum absolute atomic E-state index is 12.3. The van der Waals surface area contributed by atoms with E-state index in [2.05, 4.69) is 5.09 Å². The van der Waals surface area contributed by atoms with Gasteiger partial charge in [-0.15, -0.1) is 34.8 Å². The summed E-state index contributed by atoms with van der Waals surface area (Å²) in [6, 6.07) is 0. The van der Waals surface area contributed by atoms with Gasteiger partial charge in [0, 0.05) is 31.4 Å². The van der Waals surface area contributed by atoms with Gasteiger partial charge in [0.05, 0.1) is 12.0 Å². The molecule has 1 fully saturated rings. The fourth-order valence-corrected chi connectivity index (χ4v) is 4.25. The van der Waals surface area contributed by atoms with Gasteiger partial charge in [-0.05, 0) is 0 Å². The van der Waals surface area contributed by atoms with Crippen molar-refractivity contribution in [2.75, 3.05) is 38.0 Å². The van der Waals surface area contributed by atoms with Crippen molar-refractivity contribution in [3.05, 3.63) is 0 Å². The third-order valence-corrected chi connectivity index (χ3v) is 4.84. The fourth-order valence-electron chi connectivity index (χ4n) is 1.25. The Bertz CT molecular complexity index is 226. The number of hydrogen-bond acceptors (Lipinski definition) is 2. The molecule has 0 unspecified atom stereocenters. The van der Waals surface area contributed by atoms with Crippen molar-refractivity contribution >= 4 is 42.5 Å². The zero-order valence-corrected chi connectivity index (χ0v) is 11.3. The summed E-state index contributed by atoms with van der Waals surface area (Å²) in [5.41, 5.74) is 0. The van der Waals surface area contributed by atoms with Crippen LogP contribution in [0.2, 0.25) is 0 Å². The highest BCUT2D eigenvalue weighted by Gasteiger charge is 2.35. The maximum atomic E-state index is 12.3. The van der Waals surface area contributed by atoms with Crippen LogP contribution in [0.25, 0.3) is 0 Å². The summed E-state index contributed by atoms with van der Waals surface area (Å²) in [5, 5.41) is 2.69. The monoisotopic (exact) mass is 294 g/mol. The summed E-state index contributed by atoms with van der Waals surface area (Å²) in [5.74, 6) is 0.770. The topological polar surface area (TPSA) is 41.6 Å². The lowest BCUT2D eigenvalue weighted by molar-refractivity contribution is 0.235. The molecule has 0 aliphatic carbocycles. The van der Waals surface area contributed by atoms with Crippen LogP contribution in [0.1, 0.15) is 0 Å². The van der Waals surface area contributed by atoms with E-state index < -0.39 is 7.67 Å². The van der Waals surface area contributed by atoms with Crippen LogP contribution in [0.4, 0.5) is 0 Å². The summed E-state index contributed by atoms with van der Waals surface area (Å²) in [7, 11) is -2.96. The highest BCUT2D eigenvalue weighted by Crippen LogP contribution is 2.48. The predicted octanol–water partition coefficient (Wildman–Crippen LogP) is 2.10. The molecular weight excluding hydrogens is 281 g/mol. The van der Waals surface area contributed by atoms with Crippen molar-refractivity contribution in [2.24, 2.45) is 0 Å². The van der Waals surface area contributed by atoms with Crippen molar-refractivity contribution in [3.63, 3.8) is 0 Å². The number of halogens is 3. The molecule has 0 bridgehead atoms. The SMILES string of the molecule is O=[P@@]1(N(CCCl)CCCl)NC[C@H](Cl)CO1. The Hall–Kier alpha value is 0.980. The van der Waals surface area contributed by atoms with Crippen LogP contribution in [-0.4, -0.2) is 48.0 Å². The molecule has 0 aromatic heterocycles. The van der Waals surface area contributed by atoms with Gasteiger partial charge in [-0.25, -0.2) is 9.76 Å². The minimum Gasteiger partial charge on any atom is -0.304 e. The third-order valence-electron chi connectivity index (χ3n) is 2.00. The van der Waals surface area contributed by atoms with E-state index >= 15 is 0 Å². The Morgan fingerprint density at radius 3 is 2.40 bits per heavy atom. The molecule has 1 heterocycles. The van der Waals surface area contributed by atoms with Gasteiger partial charge < -0.3 is 4.52 Å². The second kappa shape index (κ2) is 6.65. The van der Waals surface area contributed by atoms with Gasteiger partial charge >= 0.3 is 7.67 Å². The van der Waals surface area contributed by atoms with E-state index in [0.29, 0.717) is 31.4 Å². The quantitative estimate of drug-likeness (QED) is 0.623. The Morgan fingerprint density at radius 1 is 1.40 bits per heavy atom. The number of nitrogens with zero attached hydrogens (tertiary/aromatic N) is 1. The van der Waals surface area contributed by atoms with Gasteiger partial charge in [-0.3, -0.25) is 4.57 Å². The first kappa shape index (κ1) is 14.0. The summed E-state index contributed by atoms with van der Waals surface area (Å²) in [6.45, 7) is 1.71. The van der Waals surface area contributed by atoms with Crippen LogP contribution in [0.5, 0.6) is 0 Å². The van der Waals surface area contributed by atoms with E-state index in [4.69, 9.17) is 39.3 Å². The van der Waals surface area contributed by atoms with Gasteiger partial charge in [0.2, 0.25) is 0 Å². The van der Waals surface area contributed by atoms with Crippen molar-refractivity contribution < 1.29 is 9.09 Å². The first-order valence-corrected chi connectivity index (χ1v) is 7.72. The molecule has 90 valence electrons. The Balaban J connectivity index is 2.60. The second-order valence-electron chi connectivity index (χ2n) is 3.11. The molecule has 0 saturated carbocycles. The normalized spacial score (nSPS) is 32.1. The molecular formula is C7H14Cl3N2O2P. The third kappa shape index (κ3) is 4.04. The number of hydrogen-bond donors (Lipinski definition) is 1. The molecule has 1 N–H and O–H groups in total. The minimum absolute atomic E-state index is 0.138. The number of rotatable bonds is 5. The van der Waals surface area contributed by atoms with Crippen LogP contribution in [-0.2, 0) is 9.09 Å². The lowest BCUT2D eigenvalue weighted by Crippen LogP contribution is -2.40. The number of alkyl halides is 3. The van der Waals surface area contributed by atoms with Crippen LogP contribution >= 0.6 is 42.5 Å². The van der Waals surface area contributed by atoms with Crippen molar-refractivity contribution in [2.45, 2.75) is 5.38 Å². The Morgan fingerprint density at radius 2 is 2.00 bits per heavy atom. The van der Waals surface area contributed by atoms with E-state index in [0.717, 1.165) is 0 Å². The maximum Gasteiger partial charge on any atom is 0.343 e. The predicted molar refractivity (Wildman–Crippen MR) is 64.2 cm³/mol. The van der Waals surface area contributed by atoms with Gasteiger partial charge in [0.1, 0.15) is 0 Å². The molecule has 0 aromatic rings. The lowest BCUT2D eigenvalue weighted by atomic mass is 10.5. The molecule has 1 rings (SSSR count). The smallest absolute Gasteiger partial charge is 0.304 e. The zero-order chi connectivity index (χ0) is 11.3. The van der Waals surface area contributed by atoms with Gasteiger partial charge in [-0.1, -0.05) is 0 Å². The molecule has 4 nitrogen and oxygen atoms in total. The van der Waals surface area contributed by atoms with Gasteiger partial charge in [0.15, 0.2) is 0 Å². The molecule has 0 amide bonds. The second-order valence-corrected chi connectivity index (χ2v) is 6.66.